The lowest BCUT2D eigenvalue weighted by molar-refractivity contribution is -0.154. The van der Waals surface area contributed by atoms with Crippen LogP contribution in [0.4, 0.5) is 0 Å². The first-order chi connectivity index (χ1) is 15.1. The molecule has 0 saturated heterocycles. The van der Waals surface area contributed by atoms with E-state index in [1.54, 1.807) is 0 Å². The van der Waals surface area contributed by atoms with Gasteiger partial charge in [-0.05, 0) is 51.4 Å². The first-order valence-corrected chi connectivity index (χ1v) is 13.5. The SMILES string of the molecule is CC(C)CCOC(=O)CCCCCCCCCCCCCC(C)(C)C(=O)OCCC(C)C. The van der Waals surface area contributed by atoms with E-state index in [2.05, 4.69) is 27.7 Å². The number of esters is 2. The second-order valence-electron chi connectivity index (χ2n) is 11.0. The highest BCUT2D eigenvalue weighted by Crippen LogP contribution is 2.26. The minimum Gasteiger partial charge on any atom is -0.466 e. The molecule has 4 heteroatoms. The zero-order chi connectivity index (χ0) is 24.2. The van der Waals surface area contributed by atoms with Gasteiger partial charge in [0.05, 0.1) is 18.6 Å². The Hall–Kier alpha value is -1.06. The maximum atomic E-state index is 12.2. The highest BCUT2D eigenvalue weighted by molar-refractivity contribution is 5.75. The van der Waals surface area contributed by atoms with E-state index < -0.39 is 0 Å². The molecule has 0 amide bonds. The largest absolute Gasteiger partial charge is 0.466 e. The van der Waals surface area contributed by atoms with Gasteiger partial charge in [0, 0.05) is 6.42 Å². The first-order valence-electron chi connectivity index (χ1n) is 13.5. The number of hydrogen-bond donors (Lipinski definition) is 0. The predicted octanol–water partition coefficient (Wildman–Crippen LogP) is 8.26. The molecule has 0 rings (SSSR count). The zero-order valence-electron chi connectivity index (χ0n) is 22.3. The fraction of sp³-hybridized carbons (Fsp3) is 0.929. The summed E-state index contributed by atoms with van der Waals surface area (Å²) >= 11 is 0. The van der Waals surface area contributed by atoms with Crippen molar-refractivity contribution in [3.05, 3.63) is 0 Å². The third-order valence-corrected chi connectivity index (χ3v) is 6.12. The smallest absolute Gasteiger partial charge is 0.311 e. The van der Waals surface area contributed by atoms with Gasteiger partial charge in [-0.1, -0.05) is 91.9 Å². The maximum absolute atomic E-state index is 12.2. The molecule has 0 radical (unpaired) electrons. The van der Waals surface area contributed by atoms with Crippen molar-refractivity contribution in [1.82, 2.24) is 0 Å². The van der Waals surface area contributed by atoms with E-state index >= 15 is 0 Å². The Labute approximate surface area is 199 Å². The summed E-state index contributed by atoms with van der Waals surface area (Å²) in [6, 6.07) is 0. The van der Waals surface area contributed by atoms with E-state index in [0.29, 0.717) is 31.5 Å². The molecule has 0 aliphatic carbocycles. The lowest BCUT2D eigenvalue weighted by Gasteiger charge is -2.22. The second-order valence-corrected chi connectivity index (χ2v) is 11.0. The Bertz CT molecular complexity index is 468. The van der Waals surface area contributed by atoms with E-state index in [9.17, 15) is 9.59 Å². The average molecular weight is 455 g/mol. The van der Waals surface area contributed by atoms with E-state index in [0.717, 1.165) is 38.5 Å². The summed E-state index contributed by atoms with van der Waals surface area (Å²) in [6.07, 6.45) is 16.8. The van der Waals surface area contributed by atoms with Crippen LogP contribution in [0, 0.1) is 17.3 Å². The molecule has 0 spiro atoms. The Kier molecular flexibility index (Phi) is 18.8. The number of rotatable bonds is 21. The van der Waals surface area contributed by atoms with Crippen molar-refractivity contribution in [1.29, 1.82) is 0 Å². The summed E-state index contributed by atoms with van der Waals surface area (Å²) in [5, 5.41) is 0. The molecule has 0 aromatic carbocycles. The van der Waals surface area contributed by atoms with Crippen molar-refractivity contribution in [3.8, 4) is 0 Å². The van der Waals surface area contributed by atoms with E-state index in [4.69, 9.17) is 9.47 Å². The quantitative estimate of drug-likeness (QED) is 0.129. The summed E-state index contributed by atoms with van der Waals surface area (Å²) in [6.45, 7) is 13.7. The van der Waals surface area contributed by atoms with Crippen molar-refractivity contribution in [2.24, 2.45) is 17.3 Å². The summed E-state index contributed by atoms with van der Waals surface area (Å²) < 4.78 is 10.7. The van der Waals surface area contributed by atoms with Crippen LogP contribution in [0.1, 0.15) is 138 Å². The summed E-state index contributed by atoms with van der Waals surface area (Å²) in [4.78, 5) is 23.8. The third kappa shape index (κ3) is 19.6. The molecule has 0 atom stereocenters. The lowest BCUT2D eigenvalue weighted by Crippen LogP contribution is -2.27. The van der Waals surface area contributed by atoms with Crippen LogP contribution in [0.2, 0.25) is 0 Å². The van der Waals surface area contributed by atoms with Gasteiger partial charge in [0.25, 0.3) is 0 Å². The van der Waals surface area contributed by atoms with Gasteiger partial charge in [0.1, 0.15) is 0 Å². The molecule has 0 aromatic rings. The molecular formula is C28H54O4. The molecule has 32 heavy (non-hydrogen) atoms. The van der Waals surface area contributed by atoms with Crippen molar-refractivity contribution >= 4 is 11.9 Å². The molecule has 0 aromatic heterocycles. The molecule has 0 aliphatic rings. The lowest BCUT2D eigenvalue weighted by atomic mass is 9.87. The number of ether oxygens (including phenoxy) is 2. The van der Waals surface area contributed by atoms with Crippen molar-refractivity contribution < 1.29 is 19.1 Å². The minimum absolute atomic E-state index is 0.0305. The number of carbonyl (C=O) groups is 2. The second kappa shape index (κ2) is 19.4. The third-order valence-electron chi connectivity index (χ3n) is 6.12. The van der Waals surface area contributed by atoms with Crippen LogP contribution >= 0.6 is 0 Å². The summed E-state index contributed by atoms with van der Waals surface area (Å²) in [5.74, 6) is 1.09. The van der Waals surface area contributed by atoms with Crippen LogP contribution in [-0.2, 0) is 19.1 Å². The van der Waals surface area contributed by atoms with Gasteiger partial charge in [-0.2, -0.15) is 0 Å². The van der Waals surface area contributed by atoms with Crippen LogP contribution in [0.25, 0.3) is 0 Å². The molecule has 0 N–H and O–H groups in total. The zero-order valence-corrected chi connectivity index (χ0v) is 22.3. The Morgan fingerprint density at radius 3 is 1.50 bits per heavy atom. The number of hydrogen-bond acceptors (Lipinski definition) is 4. The van der Waals surface area contributed by atoms with Crippen molar-refractivity contribution in [2.45, 2.75) is 138 Å². The molecule has 0 unspecified atom stereocenters. The van der Waals surface area contributed by atoms with Crippen LogP contribution in [-0.4, -0.2) is 25.2 Å². The van der Waals surface area contributed by atoms with Gasteiger partial charge in [0.2, 0.25) is 0 Å². The molecule has 0 aliphatic heterocycles. The van der Waals surface area contributed by atoms with Gasteiger partial charge >= 0.3 is 11.9 Å². The Morgan fingerprint density at radius 2 is 1.03 bits per heavy atom. The van der Waals surface area contributed by atoms with Gasteiger partial charge in [-0.15, -0.1) is 0 Å². The van der Waals surface area contributed by atoms with Crippen molar-refractivity contribution in [3.63, 3.8) is 0 Å². The number of unbranched alkanes of at least 4 members (excludes halogenated alkanes) is 10. The molecule has 0 fully saturated rings. The predicted molar refractivity (Wildman–Crippen MR) is 135 cm³/mol. The number of carbonyl (C=O) groups excluding carboxylic acids is 2. The molecule has 0 saturated carbocycles. The summed E-state index contributed by atoms with van der Waals surface area (Å²) in [5.41, 5.74) is -0.359. The van der Waals surface area contributed by atoms with Crippen molar-refractivity contribution in [2.75, 3.05) is 13.2 Å². The normalized spacial score (nSPS) is 11.9. The van der Waals surface area contributed by atoms with E-state index in [-0.39, 0.29) is 17.4 Å². The molecule has 0 bridgehead atoms. The topological polar surface area (TPSA) is 52.6 Å². The highest BCUT2D eigenvalue weighted by atomic mass is 16.5. The van der Waals surface area contributed by atoms with Gasteiger partial charge in [-0.3, -0.25) is 9.59 Å². The fourth-order valence-corrected chi connectivity index (χ4v) is 3.59. The van der Waals surface area contributed by atoms with Crippen LogP contribution in [0.5, 0.6) is 0 Å². The Balaban J connectivity index is 3.45. The van der Waals surface area contributed by atoms with E-state index in [1.807, 2.05) is 13.8 Å². The standard InChI is InChI=1S/C28H54O4/c1-24(2)19-22-31-26(29)18-16-14-12-10-8-7-9-11-13-15-17-21-28(5,6)27(30)32-23-20-25(3)4/h24-25H,7-23H2,1-6H3. The average Bonchev–Trinajstić information content (AvgIpc) is 2.70. The summed E-state index contributed by atoms with van der Waals surface area (Å²) in [7, 11) is 0. The van der Waals surface area contributed by atoms with E-state index in [1.165, 1.54) is 51.4 Å². The molecular weight excluding hydrogens is 400 g/mol. The van der Waals surface area contributed by atoms with Gasteiger partial charge < -0.3 is 9.47 Å². The first kappa shape index (κ1) is 30.9. The van der Waals surface area contributed by atoms with Crippen LogP contribution < -0.4 is 0 Å². The maximum Gasteiger partial charge on any atom is 0.311 e. The molecule has 190 valence electrons. The highest BCUT2D eigenvalue weighted by Gasteiger charge is 2.28. The van der Waals surface area contributed by atoms with Gasteiger partial charge in [-0.25, -0.2) is 0 Å². The Morgan fingerprint density at radius 1 is 0.625 bits per heavy atom. The monoisotopic (exact) mass is 454 g/mol. The molecule has 0 heterocycles. The minimum atomic E-state index is -0.359. The van der Waals surface area contributed by atoms with Gasteiger partial charge in [0.15, 0.2) is 0 Å². The molecule has 4 nitrogen and oxygen atoms in total. The van der Waals surface area contributed by atoms with Crippen LogP contribution in [0.3, 0.4) is 0 Å². The van der Waals surface area contributed by atoms with Crippen LogP contribution in [0.15, 0.2) is 0 Å². The fourth-order valence-electron chi connectivity index (χ4n) is 3.59.